The second-order valence-electron chi connectivity index (χ2n) is 9.60. The minimum absolute atomic E-state index is 0.0145. The topological polar surface area (TPSA) is 96.0 Å². The first-order valence-corrected chi connectivity index (χ1v) is 14.9. The van der Waals surface area contributed by atoms with Crippen LogP contribution >= 0.6 is 23.2 Å². The molecule has 0 radical (unpaired) electrons. The summed E-state index contributed by atoms with van der Waals surface area (Å²) in [4.78, 5) is 28.4. The Bertz CT molecular complexity index is 1430. The minimum atomic E-state index is -4.18. The Morgan fingerprint density at radius 2 is 1.65 bits per heavy atom. The SMILES string of the molecule is COc1cccc(N(CC(=O)N(Cc2ccc(Cl)cc2Cl)[C@H](C)C(=O)NCC(C)C)S(=O)(=O)c2ccccc2)c1. The van der Waals surface area contributed by atoms with E-state index in [1.807, 2.05) is 13.8 Å². The van der Waals surface area contributed by atoms with Crippen molar-refractivity contribution in [1.29, 1.82) is 0 Å². The van der Waals surface area contributed by atoms with E-state index >= 15 is 0 Å². The monoisotopic (exact) mass is 605 g/mol. The highest BCUT2D eigenvalue weighted by Crippen LogP contribution is 2.28. The number of carbonyl (C=O) groups excluding carboxylic acids is 2. The Morgan fingerprint density at radius 1 is 0.950 bits per heavy atom. The molecule has 214 valence electrons. The summed E-state index contributed by atoms with van der Waals surface area (Å²) >= 11 is 12.5. The lowest BCUT2D eigenvalue weighted by atomic mass is 10.1. The molecule has 11 heteroatoms. The summed E-state index contributed by atoms with van der Waals surface area (Å²) in [5.41, 5.74) is 0.791. The molecule has 3 aromatic rings. The summed E-state index contributed by atoms with van der Waals surface area (Å²) in [5, 5.41) is 3.59. The van der Waals surface area contributed by atoms with Gasteiger partial charge < -0.3 is 15.0 Å². The fourth-order valence-electron chi connectivity index (χ4n) is 3.88. The number of sulfonamides is 1. The molecule has 3 aromatic carbocycles. The maximum atomic E-state index is 14.0. The first kappa shape index (κ1) is 31.3. The van der Waals surface area contributed by atoms with Crippen molar-refractivity contribution in [1.82, 2.24) is 10.2 Å². The van der Waals surface area contributed by atoms with E-state index in [1.165, 1.54) is 30.2 Å². The van der Waals surface area contributed by atoms with E-state index in [-0.39, 0.29) is 29.0 Å². The number of nitrogens with one attached hydrogen (secondary N) is 1. The Kier molecular flexibility index (Phi) is 10.8. The lowest BCUT2D eigenvalue weighted by Crippen LogP contribution is -2.51. The van der Waals surface area contributed by atoms with Gasteiger partial charge in [0.15, 0.2) is 0 Å². The Labute approximate surface area is 245 Å². The molecule has 0 aliphatic carbocycles. The highest BCUT2D eigenvalue weighted by molar-refractivity contribution is 7.92. The number of anilines is 1. The number of halogens is 2. The Balaban J connectivity index is 2.04. The van der Waals surface area contributed by atoms with Gasteiger partial charge in [-0.25, -0.2) is 8.42 Å². The molecule has 1 atom stereocenters. The molecule has 1 N–H and O–H groups in total. The maximum absolute atomic E-state index is 14.0. The number of benzene rings is 3. The molecule has 3 rings (SSSR count). The molecule has 0 saturated carbocycles. The first-order valence-electron chi connectivity index (χ1n) is 12.7. The predicted octanol–water partition coefficient (Wildman–Crippen LogP) is 5.39. The van der Waals surface area contributed by atoms with Crippen molar-refractivity contribution in [3.05, 3.63) is 88.4 Å². The molecular formula is C29H33Cl2N3O5S. The summed E-state index contributed by atoms with van der Waals surface area (Å²) in [6.07, 6.45) is 0. The average molecular weight is 607 g/mol. The number of rotatable bonds is 12. The molecule has 0 fully saturated rings. The van der Waals surface area contributed by atoms with Gasteiger partial charge in [0, 0.05) is 29.2 Å². The van der Waals surface area contributed by atoms with Gasteiger partial charge in [-0.3, -0.25) is 13.9 Å². The van der Waals surface area contributed by atoms with E-state index < -0.39 is 28.5 Å². The lowest BCUT2D eigenvalue weighted by molar-refractivity contribution is -0.139. The summed E-state index contributed by atoms with van der Waals surface area (Å²) in [6.45, 7) is 5.33. The van der Waals surface area contributed by atoms with Gasteiger partial charge in [-0.15, -0.1) is 0 Å². The van der Waals surface area contributed by atoms with E-state index in [0.29, 0.717) is 27.9 Å². The van der Waals surface area contributed by atoms with E-state index in [1.54, 1.807) is 61.5 Å². The van der Waals surface area contributed by atoms with Crippen LogP contribution in [0.5, 0.6) is 5.75 Å². The molecule has 0 aromatic heterocycles. The first-order chi connectivity index (χ1) is 18.9. The van der Waals surface area contributed by atoms with Gasteiger partial charge in [-0.05, 0) is 54.8 Å². The zero-order chi connectivity index (χ0) is 29.4. The van der Waals surface area contributed by atoms with E-state index in [9.17, 15) is 18.0 Å². The number of amides is 2. The van der Waals surface area contributed by atoms with E-state index in [2.05, 4.69) is 5.32 Å². The molecule has 0 bridgehead atoms. The summed E-state index contributed by atoms with van der Waals surface area (Å²) in [7, 11) is -2.71. The van der Waals surface area contributed by atoms with E-state index in [0.717, 1.165) is 4.31 Å². The second kappa shape index (κ2) is 13.9. The van der Waals surface area contributed by atoms with Crippen LogP contribution in [0.2, 0.25) is 10.0 Å². The van der Waals surface area contributed by atoms with Crippen molar-refractivity contribution >= 4 is 50.7 Å². The number of ether oxygens (including phenoxy) is 1. The summed E-state index contributed by atoms with van der Waals surface area (Å²) < 4.78 is 34.0. The normalized spacial score (nSPS) is 12.1. The summed E-state index contributed by atoms with van der Waals surface area (Å²) in [5.74, 6) is -0.346. The Morgan fingerprint density at radius 3 is 2.27 bits per heavy atom. The largest absolute Gasteiger partial charge is 0.497 e. The van der Waals surface area contributed by atoms with Crippen molar-refractivity contribution < 1.29 is 22.7 Å². The zero-order valence-corrected chi connectivity index (χ0v) is 25.1. The van der Waals surface area contributed by atoms with Crippen molar-refractivity contribution in [3.63, 3.8) is 0 Å². The van der Waals surface area contributed by atoms with Crippen LogP contribution in [0, 0.1) is 5.92 Å². The third-order valence-corrected chi connectivity index (χ3v) is 8.53. The molecule has 0 heterocycles. The van der Waals surface area contributed by atoms with Crippen LogP contribution in [0.15, 0.2) is 77.7 Å². The molecule has 8 nitrogen and oxygen atoms in total. The lowest BCUT2D eigenvalue weighted by Gasteiger charge is -2.32. The van der Waals surface area contributed by atoms with Crippen molar-refractivity contribution in [2.45, 2.75) is 38.3 Å². The molecular weight excluding hydrogens is 573 g/mol. The molecule has 40 heavy (non-hydrogen) atoms. The van der Waals surface area contributed by atoms with Gasteiger partial charge >= 0.3 is 0 Å². The predicted molar refractivity (Wildman–Crippen MR) is 158 cm³/mol. The fourth-order valence-corrected chi connectivity index (χ4v) is 5.78. The molecule has 0 unspecified atom stereocenters. The average Bonchev–Trinajstić information content (AvgIpc) is 2.94. The van der Waals surface area contributed by atoms with E-state index in [4.69, 9.17) is 27.9 Å². The quantitative estimate of drug-likeness (QED) is 0.299. The molecule has 0 spiro atoms. The third kappa shape index (κ3) is 7.90. The van der Waals surface area contributed by atoms with Crippen LogP contribution in [0.1, 0.15) is 26.3 Å². The Hall–Kier alpha value is -3.27. The number of hydrogen-bond acceptors (Lipinski definition) is 5. The molecule has 0 aliphatic heterocycles. The van der Waals surface area contributed by atoms with Gasteiger partial charge in [-0.1, -0.05) is 67.4 Å². The molecule has 0 saturated heterocycles. The highest BCUT2D eigenvalue weighted by Gasteiger charge is 2.33. The fraction of sp³-hybridized carbons (Fsp3) is 0.310. The standard InChI is InChI=1S/C29H33Cl2N3O5S/c1-20(2)17-32-29(36)21(3)33(18-22-13-14-23(30)15-27(22)31)28(35)19-34(24-9-8-10-25(16-24)39-4)40(37,38)26-11-6-5-7-12-26/h5-16,20-21H,17-19H2,1-4H3,(H,32,36)/t21-/m1/s1. The third-order valence-electron chi connectivity index (χ3n) is 6.16. The van der Waals surface area contributed by atoms with Crippen LogP contribution in [-0.4, -0.2) is 51.4 Å². The van der Waals surface area contributed by atoms with Crippen LogP contribution < -0.4 is 14.4 Å². The van der Waals surface area contributed by atoms with Crippen LogP contribution in [-0.2, 0) is 26.2 Å². The zero-order valence-electron chi connectivity index (χ0n) is 22.8. The smallest absolute Gasteiger partial charge is 0.264 e. The van der Waals surface area contributed by atoms with Crippen LogP contribution in [0.25, 0.3) is 0 Å². The second-order valence-corrected chi connectivity index (χ2v) is 12.3. The van der Waals surface area contributed by atoms with Crippen LogP contribution in [0.4, 0.5) is 5.69 Å². The number of carbonyl (C=O) groups is 2. The highest BCUT2D eigenvalue weighted by atomic mass is 35.5. The van der Waals surface area contributed by atoms with Gasteiger partial charge in [0.25, 0.3) is 10.0 Å². The van der Waals surface area contributed by atoms with Crippen molar-refractivity contribution in [3.8, 4) is 5.75 Å². The van der Waals surface area contributed by atoms with Crippen molar-refractivity contribution in [2.75, 3.05) is 24.5 Å². The number of hydrogen-bond donors (Lipinski definition) is 1. The molecule has 0 aliphatic rings. The maximum Gasteiger partial charge on any atom is 0.264 e. The van der Waals surface area contributed by atoms with Crippen molar-refractivity contribution in [2.24, 2.45) is 5.92 Å². The van der Waals surface area contributed by atoms with Crippen LogP contribution in [0.3, 0.4) is 0 Å². The van der Waals surface area contributed by atoms with Gasteiger partial charge in [0.1, 0.15) is 18.3 Å². The number of methoxy groups -OCH3 is 1. The number of nitrogens with zero attached hydrogens (tertiary/aromatic N) is 2. The summed E-state index contributed by atoms with van der Waals surface area (Å²) in [6, 6.07) is 18.2. The van der Waals surface area contributed by atoms with Gasteiger partial charge in [0.05, 0.1) is 17.7 Å². The van der Waals surface area contributed by atoms with Gasteiger partial charge in [0.2, 0.25) is 11.8 Å². The molecule has 2 amide bonds. The minimum Gasteiger partial charge on any atom is -0.497 e. The van der Waals surface area contributed by atoms with Gasteiger partial charge in [-0.2, -0.15) is 0 Å².